The second-order valence-electron chi connectivity index (χ2n) is 13.1. The molecule has 7 rings (SSSR count). The SMILES string of the molecule is Cc1cc(CNC(=O)c2cc(-c3ccc(Cl)cc3)c(OCC(F)(F)F)cn2)no1.O=C(NCc1nc(C(F)(F)F)no1)c1cc(-c2ccc(Cl)cc2)c(OCC2CC2)cn1. The lowest BCUT2D eigenvalue weighted by molar-refractivity contribution is -0.153. The lowest BCUT2D eigenvalue weighted by atomic mass is 10.0. The zero-order valence-corrected chi connectivity index (χ0v) is 32.5. The molecule has 0 radical (unpaired) electrons. The Morgan fingerprint density at radius 2 is 1.28 bits per heavy atom. The Balaban J connectivity index is 0.000000202. The van der Waals surface area contributed by atoms with Crippen LogP contribution in [0, 0.1) is 12.8 Å². The van der Waals surface area contributed by atoms with Gasteiger partial charge < -0.3 is 29.2 Å². The van der Waals surface area contributed by atoms with Crippen LogP contribution in [-0.4, -0.2) is 56.5 Å². The standard InChI is InChI=1S/C20H16ClF3N4O3.C19H15ClF3N3O3/c21-13-5-3-12(4-6-13)14-7-15(25-8-16(14)30-10-11-1-2-11)18(29)26-9-17-27-19(28-31-17)20(22,23)24;1-11-6-14(26-29-11)8-25-18(27)16-7-15(12-2-4-13(20)5-3-12)17(9-24-16)28-10-19(21,22)23/h3-8,11H,1-2,9-10H2,(H,26,29);2-7,9H,8,10H2,1H3,(H,25,27). The number of ether oxygens (including phenoxy) is 2. The first-order chi connectivity index (χ1) is 28.5. The van der Waals surface area contributed by atoms with Crippen LogP contribution in [0.4, 0.5) is 26.3 Å². The molecule has 0 saturated heterocycles. The van der Waals surface area contributed by atoms with Crippen LogP contribution in [0.25, 0.3) is 22.3 Å². The maximum absolute atomic E-state index is 12.6. The first-order valence-electron chi connectivity index (χ1n) is 17.7. The highest BCUT2D eigenvalue weighted by Crippen LogP contribution is 2.35. The van der Waals surface area contributed by atoms with Gasteiger partial charge in [-0.05, 0) is 73.2 Å². The van der Waals surface area contributed by atoms with Gasteiger partial charge in [-0.1, -0.05) is 57.8 Å². The van der Waals surface area contributed by atoms with E-state index in [-0.39, 0.29) is 41.7 Å². The zero-order valence-electron chi connectivity index (χ0n) is 31.0. The minimum atomic E-state index is -4.73. The van der Waals surface area contributed by atoms with Gasteiger partial charge in [-0.3, -0.25) is 9.59 Å². The molecule has 1 aliphatic carbocycles. The monoisotopic (exact) mass is 877 g/mol. The second kappa shape index (κ2) is 18.8. The van der Waals surface area contributed by atoms with Crippen LogP contribution < -0.4 is 20.1 Å². The molecule has 4 heterocycles. The fourth-order valence-corrected chi connectivity index (χ4v) is 5.43. The molecule has 2 N–H and O–H groups in total. The third kappa shape index (κ3) is 12.4. The van der Waals surface area contributed by atoms with Crippen LogP contribution in [0.5, 0.6) is 11.5 Å². The normalized spacial score (nSPS) is 12.6. The summed E-state index contributed by atoms with van der Waals surface area (Å²) < 4.78 is 95.5. The van der Waals surface area contributed by atoms with Crippen molar-refractivity contribution in [1.82, 2.24) is 35.9 Å². The summed E-state index contributed by atoms with van der Waals surface area (Å²) in [6.45, 7) is 0.539. The molecule has 0 aliphatic heterocycles. The van der Waals surface area contributed by atoms with Gasteiger partial charge in [0.1, 0.15) is 34.3 Å². The van der Waals surface area contributed by atoms with Gasteiger partial charge in [0.15, 0.2) is 6.61 Å². The van der Waals surface area contributed by atoms with Gasteiger partial charge in [-0.25, -0.2) is 9.97 Å². The predicted molar refractivity (Wildman–Crippen MR) is 202 cm³/mol. The Bertz CT molecular complexity index is 2420. The lowest BCUT2D eigenvalue weighted by Gasteiger charge is -2.14. The summed E-state index contributed by atoms with van der Waals surface area (Å²) in [4.78, 5) is 36.2. The average molecular weight is 879 g/mol. The molecule has 2 amide bonds. The minimum Gasteiger partial charge on any atom is -0.491 e. The average Bonchev–Trinajstić information content (AvgIpc) is 3.74. The zero-order chi connectivity index (χ0) is 43.0. The highest BCUT2D eigenvalue weighted by atomic mass is 35.5. The Morgan fingerprint density at radius 1 is 0.750 bits per heavy atom. The molecule has 13 nitrogen and oxygen atoms in total. The third-order valence-electron chi connectivity index (χ3n) is 8.30. The van der Waals surface area contributed by atoms with Crippen LogP contribution in [0.2, 0.25) is 10.0 Å². The van der Waals surface area contributed by atoms with E-state index in [4.69, 9.17) is 37.2 Å². The Hall–Kier alpha value is -6.21. The van der Waals surface area contributed by atoms with Crippen molar-refractivity contribution in [2.75, 3.05) is 13.2 Å². The number of carbonyl (C=O) groups is 2. The van der Waals surface area contributed by atoms with Gasteiger partial charge in [0.2, 0.25) is 5.89 Å². The molecule has 0 atom stereocenters. The number of hydrogen-bond acceptors (Lipinski definition) is 11. The van der Waals surface area contributed by atoms with Crippen LogP contribution in [-0.2, 0) is 19.3 Å². The van der Waals surface area contributed by atoms with Gasteiger partial charge in [0.25, 0.3) is 17.6 Å². The van der Waals surface area contributed by atoms with E-state index in [0.717, 1.165) is 24.6 Å². The summed E-state index contributed by atoms with van der Waals surface area (Å²) in [7, 11) is 0. The summed E-state index contributed by atoms with van der Waals surface area (Å²) in [6.07, 6.45) is -4.45. The van der Waals surface area contributed by atoms with E-state index < -0.39 is 36.6 Å². The van der Waals surface area contributed by atoms with Gasteiger partial charge >= 0.3 is 12.4 Å². The Kier molecular flexibility index (Phi) is 13.6. The van der Waals surface area contributed by atoms with Crippen LogP contribution in [0.15, 0.2) is 88.2 Å². The molecule has 60 heavy (non-hydrogen) atoms. The molecule has 0 unspecified atom stereocenters. The van der Waals surface area contributed by atoms with E-state index in [0.29, 0.717) is 50.9 Å². The first-order valence-corrected chi connectivity index (χ1v) is 18.5. The fourth-order valence-electron chi connectivity index (χ4n) is 5.18. The number of aromatic nitrogens is 5. The number of hydrogen-bond donors (Lipinski definition) is 2. The van der Waals surface area contributed by atoms with Crippen molar-refractivity contribution in [3.63, 3.8) is 0 Å². The molecular formula is C39H31Cl2F6N7O6. The molecular weight excluding hydrogens is 847 g/mol. The lowest BCUT2D eigenvalue weighted by Crippen LogP contribution is -2.24. The van der Waals surface area contributed by atoms with Crippen molar-refractivity contribution in [1.29, 1.82) is 0 Å². The third-order valence-corrected chi connectivity index (χ3v) is 8.81. The van der Waals surface area contributed by atoms with Crippen molar-refractivity contribution in [3.8, 4) is 33.8 Å². The van der Waals surface area contributed by atoms with E-state index in [1.807, 2.05) is 0 Å². The van der Waals surface area contributed by atoms with Crippen molar-refractivity contribution in [2.24, 2.45) is 5.92 Å². The number of aryl methyl sites for hydroxylation is 1. The number of alkyl halides is 6. The number of nitrogens with one attached hydrogen (secondary N) is 2. The van der Waals surface area contributed by atoms with Gasteiger partial charge in [0.05, 0.1) is 32.1 Å². The Morgan fingerprint density at radius 3 is 1.75 bits per heavy atom. The largest absolute Gasteiger partial charge is 0.491 e. The molecule has 1 fully saturated rings. The molecule has 21 heteroatoms. The molecule has 0 spiro atoms. The Labute approximate surface area is 346 Å². The maximum atomic E-state index is 12.6. The number of halogens is 8. The van der Waals surface area contributed by atoms with Crippen LogP contribution >= 0.6 is 23.2 Å². The summed E-state index contributed by atoms with van der Waals surface area (Å²) in [5.74, 6) is -1.37. The molecule has 1 aliphatic rings. The summed E-state index contributed by atoms with van der Waals surface area (Å²) in [6, 6.07) is 18.0. The number of nitrogens with zero attached hydrogens (tertiary/aromatic N) is 5. The van der Waals surface area contributed by atoms with Crippen molar-refractivity contribution in [3.05, 3.63) is 124 Å². The van der Waals surface area contributed by atoms with Crippen molar-refractivity contribution >= 4 is 35.0 Å². The van der Waals surface area contributed by atoms with Gasteiger partial charge in [-0.2, -0.15) is 31.3 Å². The van der Waals surface area contributed by atoms with E-state index >= 15 is 0 Å². The van der Waals surface area contributed by atoms with Crippen LogP contribution in [0.3, 0.4) is 0 Å². The number of rotatable bonds is 13. The molecule has 1 saturated carbocycles. The summed E-state index contributed by atoms with van der Waals surface area (Å²) in [5, 5.41) is 12.7. The molecule has 2 aromatic carbocycles. The van der Waals surface area contributed by atoms with Gasteiger partial charge in [0, 0.05) is 27.2 Å². The van der Waals surface area contributed by atoms with Crippen LogP contribution in [0.1, 0.15) is 57.0 Å². The summed E-state index contributed by atoms with van der Waals surface area (Å²) in [5.41, 5.74) is 2.82. The fraction of sp³-hybridized carbons (Fsp3) is 0.256. The van der Waals surface area contributed by atoms with Gasteiger partial charge in [-0.15, -0.1) is 0 Å². The quantitative estimate of drug-likeness (QED) is 0.106. The summed E-state index contributed by atoms with van der Waals surface area (Å²) >= 11 is 11.8. The van der Waals surface area contributed by atoms with Crippen molar-refractivity contribution < 1.29 is 54.5 Å². The highest BCUT2D eigenvalue weighted by molar-refractivity contribution is 6.31. The molecule has 0 bridgehead atoms. The smallest absolute Gasteiger partial charge is 0.455 e. The van der Waals surface area contributed by atoms with Crippen molar-refractivity contribution in [2.45, 2.75) is 45.2 Å². The minimum absolute atomic E-state index is 0.00882. The van der Waals surface area contributed by atoms with E-state index in [1.54, 1.807) is 67.6 Å². The first kappa shape index (κ1) is 43.4. The number of amides is 2. The van der Waals surface area contributed by atoms with E-state index in [2.05, 4.69) is 40.4 Å². The number of benzene rings is 2. The predicted octanol–water partition coefficient (Wildman–Crippen LogP) is 9.09. The molecule has 314 valence electrons. The maximum Gasteiger partial charge on any atom is 0.455 e. The number of pyridine rings is 2. The highest BCUT2D eigenvalue weighted by Gasteiger charge is 2.37. The van der Waals surface area contributed by atoms with E-state index in [1.165, 1.54) is 12.3 Å². The topological polar surface area (TPSA) is 167 Å². The number of carbonyl (C=O) groups excluding carboxylic acids is 2. The molecule has 6 aromatic rings. The van der Waals surface area contributed by atoms with E-state index in [9.17, 15) is 35.9 Å². The second-order valence-corrected chi connectivity index (χ2v) is 14.0. The molecule has 4 aromatic heterocycles.